The van der Waals surface area contributed by atoms with Crippen molar-refractivity contribution >= 4 is 17.6 Å². The van der Waals surface area contributed by atoms with Gasteiger partial charge in [-0.05, 0) is 30.5 Å². The molecule has 0 bridgehead atoms. The largest absolute Gasteiger partial charge is 0.484 e. The highest BCUT2D eigenvalue weighted by Gasteiger charge is 2.41. The molecule has 0 aromatic heterocycles. The number of carboxylic acid groups (broad SMARTS) is 1. The lowest BCUT2D eigenvalue weighted by atomic mass is 9.69. The molecule has 0 radical (unpaired) electrons. The van der Waals surface area contributed by atoms with Gasteiger partial charge in [-0.2, -0.15) is 0 Å². The van der Waals surface area contributed by atoms with E-state index in [1.807, 2.05) is 6.07 Å². The Bertz CT molecular complexity index is 533. The van der Waals surface area contributed by atoms with Crippen LogP contribution >= 0.6 is 11.6 Å². The van der Waals surface area contributed by atoms with Gasteiger partial charge in [0.25, 0.3) is 0 Å². The highest BCUT2D eigenvalue weighted by Crippen LogP contribution is 2.42. The van der Waals surface area contributed by atoms with Gasteiger partial charge in [0.15, 0.2) is 0 Å². The van der Waals surface area contributed by atoms with Gasteiger partial charge in [-0.15, -0.1) is 0 Å². The number of aliphatic carboxylic acids is 1. The molecular weight excluding hydrogens is 292 g/mol. The summed E-state index contributed by atoms with van der Waals surface area (Å²) in [5.74, 6) is -0.149. The van der Waals surface area contributed by atoms with E-state index in [0.717, 1.165) is 24.8 Å². The van der Waals surface area contributed by atoms with E-state index in [0.29, 0.717) is 36.8 Å². The van der Waals surface area contributed by atoms with Crippen molar-refractivity contribution in [3.8, 4) is 5.75 Å². The number of benzene rings is 1. The normalized spacial score (nSPS) is 21.6. The van der Waals surface area contributed by atoms with E-state index < -0.39 is 11.4 Å². The topological polar surface area (TPSA) is 55.8 Å². The first-order valence-corrected chi connectivity index (χ1v) is 7.77. The van der Waals surface area contributed by atoms with Crippen molar-refractivity contribution in [2.45, 2.75) is 43.6 Å². The average molecular weight is 311 g/mol. The van der Waals surface area contributed by atoms with Crippen molar-refractivity contribution in [3.05, 3.63) is 28.8 Å². The van der Waals surface area contributed by atoms with E-state index in [1.165, 1.54) is 0 Å². The van der Waals surface area contributed by atoms with Crippen LogP contribution in [0.4, 0.5) is 0 Å². The molecule has 3 rings (SSSR count). The highest BCUT2D eigenvalue weighted by molar-refractivity contribution is 6.32. The number of hydrogen-bond acceptors (Lipinski definition) is 3. The minimum Gasteiger partial charge on any atom is -0.484 e. The molecule has 1 heterocycles. The fraction of sp³-hybridized carbons (Fsp3) is 0.562. The first-order chi connectivity index (χ1) is 10.1. The Balaban J connectivity index is 1.86. The summed E-state index contributed by atoms with van der Waals surface area (Å²) in [6.45, 7) is 1.16. The van der Waals surface area contributed by atoms with Crippen LogP contribution in [0, 0.1) is 0 Å². The standard InChI is InChI=1S/C16H19ClO4/c17-13-8-11(4-5-14(13)21-12-9-20-10-12)16(15(18)19)6-2-1-3-7-16/h4-5,8,12H,1-3,6-7,9-10H2,(H,18,19). The smallest absolute Gasteiger partial charge is 0.314 e. The fourth-order valence-corrected chi connectivity index (χ4v) is 3.36. The van der Waals surface area contributed by atoms with Gasteiger partial charge < -0.3 is 14.6 Å². The van der Waals surface area contributed by atoms with Crippen LogP contribution in [0.25, 0.3) is 0 Å². The molecule has 2 aliphatic rings. The molecule has 0 unspecified atom stereocenters. The van der Waals surface area contributed by atoms with Gasteiger partial charge in [0, 0.05) is 0 Å². The highest BCUT2D eigenvalue weighted by atomic mass is 35.5. The predicted molar refractivity (Wildman–Crippen MR) is 79.1 cm³/mol. The van der Waals surface area contributed by atoms with Crippen LogP contribution < -0.4 is 4.74 Å². The van der Waals surface area contributed by atoms with Crippen LogP contribution in [-0.4, -0.2) is 30.4 Å². The van der Waals surface area contributed by atoms with E-state index in [-0.39, 0.29) is 6.10 Å². The molecule has 114 valence electrons. The van der Waals surface area contributed by atoms with Gasteiger partial charge in [0.05, 0.1) is 23.7 Å². The van der Waals surface area contributed by atoms with Crippen LogP contribution in [0.1, 0.15) is 37.7 Å². The molecule has 1 saturated heterocycles. The van der Waals surface area contributed by atoms with E-state index in [9.17, 15) is 9.90 Å². The first kappa shape index (κ1) is 14.7. The lowest BCUT2D eigenvalue weighted by molar-refractivity contribution is -0.145. The minimum atomic E-state index is -0.792. The third-order valence-electron chi connectivity index (χ3n) is 4.50. The van der Waals surface area contributed by atoms with Crippen molar-refractivity contribution < 1.29 is 19.4 Å². The van der Waals surface area contributed by atoms with Crippen LogP contribution in [-0.2, 0) is 14.9 Å². The predicted octanol–water partition coefficient (Wildman–Crippen LogP) is 3.40. The molecule has 1 aromatic carbocycles. The molecule has 0 spiro atoms. The zero-order valence-corrected chi connectivity index (χ0v) is 12.6. The van der Waals surface area contributed by atoms with Crippen LogP contribution in [0.3, 0.4) is 0 Å². The quantitative estimate of drug-likeness (QED) is 0.926. The average Bonchev–Trinajstić information content (AvgIpc) is 2.44. The monoisotopic (exact) mass is 310 g/mol. The number of ether oxygens (including phenoxy) is 2. The van der Waals surface area contributed by atoms with E-state index >= 15 is 0 Å². The van der Waals surface area contributed by atoms with Crippen LogP contribution in [0.5, 0.6) is 5.75 Å². The van der Waals surface area contributed by atoms with Crippen molar-refractivity contribution in [2.75, 3.05) is 13.2 Å². The van der Waals surface area contributed by atoms with Crippen molar-refractivity contribution in [1.29, 1.82) is 0 Å². The van der Waals surface area contributed by atoms with E-state index in [4.69, 9.17) is 21.1 Å². The summed E-state index contributed by atoms with van der Waals surface area (Å²) in [6.07, 6.45) is 4.40. The van der Waals surface area contributed by atoms with E-state index in [1.54, 1.807) is 12.1 Å². The SMILES string of the molecule is O=C(O)C1(c2ccc(OC3COC3)c(Cl)c2)CCCCC1. The molecule has 5 heteroatoms. The Hall–Kier alpha value is -1.26. The number of carboxylic acids is 1. The summed E-state index contributed by atoms with van der Waals surface area (Å²) in [4.78, 5) is 11.8. The van der Waals surface area contributed by atoms with Gasteiger partial charge in [-0.1, -0.05) is 36.9 Å². The Labute approximate surface area is 129 Å². The maximum absolute atomic E-state index is 11.8. The summed E-state index contributed by atoms with van der Waals surface area (Å²) in [5.41, 5.74) is -0.00286. The van der Waals surface area contributed by atoms with E-state index in [2.05, 4.69) is 0 Å². The molecule has 0 amide bonds. The molecule has 1 aromatic rings. The minimum absolute atomic E-state index is 0.0523. The molecule has 1 aliphatic heterocycles. The van der Waals surface area contributed by atoms with Crippen molar-refractivity contribution in [3.63, 3.8) is 0 Å². The summed E-state index contributed by atoms with van der Waals surface area (Å²) in [5, 5.41) is 10.2. The first-order valence-electron chi connectivity index (χ1n) is 7.40. The lowest BCUT2D eigenvalue weighted by Crippen LogP contribution is -2.39. The van der Waals surface area contributed by atoms with Crippen LogP contribution in [0.2, 0.25) is 5.02 Å². The molecular formula is C16H19ClO4. The number of hydrogen-bond donors (Lipinski definition) is 1. The van der Waals surface area contributed by atoms with Crippen LogP contribution in [0.15, 0.2) is 18.2 Å². The number of carbonyl (C=O) groups is 1. The molecule has 0 atom stereocenters. The summed E-state index contributed by atoms with van der Waals surface area (Å²) >= 11 is 6.28. The van der Waals surface area contributed by atoms with Gasteiger partial charge in [-0.3, -0.25) is 4.79 Å². The van der Waals surface area contributed by atoms with Crippen molar-refractivity contribution in [2.24, 2.45) is 0 Å². The lowest BCUT2D eigenvalue weighted by Gasteiger charge is -2.34. The number of halogens is 1. The molecule has 4 nitrogen and oxygen atoms in total. The van der Waals surface area contributed by atoms with Gasteiger partial charge in [0.2, 0.25) is 0 Å². The third kappa shape index (κ3) is 2.74. The zero-order chi connectivity index (χ0) is 14.9. The van der Waals surface area contributed by atoms with Gasteiger partial charge in [0.1, 0.15) is 11.9 Å². The second-order valence-electron chi connectivity index (χ2n) is 5.87. The molecule has 21 heavy (non-hydrogen) atoms. The maximum atomic E-state index is 11.8. The number of rotatable bonds is 4. The Kier molecular flexibility index (Phi) is 4.09. The second kappa shape index (κ2) is 5.85. The molecule has 1 N–H and O–H groups in total. The Morgan fingerprint density at radius 2 is 2.00 bits per heavy atom. The second-order valence-corrected chi connectivity index (χ2v) is 6.28. The maximum Gasteiger partial charge on any atom is 0.314 e. The zero-order valence-electron chi connectivity index (χ0n) is 11.8. The third-order valence-corrected chi connectivity index (χ3v) is 4.80. The Morgan fingerprint density at radius 3 is 2.52 bits per heavy atom. The van der Waals surface area contributed by atoms with Crippen molar-refractivity contribution in [1.82, 2.24) is 0 Å². The fourth-order valence-electron chi connectivity index (χ4n) is 3.14. The summed E-state index contributed by atoms with van der Waals surface area (Å²) in [6, 6.07) is 5.39. The Morgan fingerprint density at radius 1 is 1.29 bits per heavy atom. The molecule has 2 fully saturated rings. The van der Waals surface area contributed by atoms with Gasteiger partial charge >= 0.3 is 5.97 Å². The van der Waals surface area contributed by atoms with Gasteiger partial charge in [-0.25, -0.2) is 0 Å². The molecule has 1 aliphatic carbocycles. The summed E-state index contributed by atoms with van der Waals surface area (Å²) < 4.78 is 10.8. The summed E-state index contributed by atoms with van der Waals surface area (Å²) in [7, 11) is 0. The molecule has 1 saturated carbocycles.